The maximum Gasteiger partial charge on any atom is 0.231 e. The minimum absolute atomic E-state index is 0.160. The molecule has 9 heteroatoms. The second-order valence-electron chi connectivity index (χ2n) is 1.40. The number of aromatic nitrogens is 4. The summed E-state index contributed by atoms with van der Waals surface area (Å²) in [5.41, 5.74) is 7.72. The molecule has 0 aliphatic carbocycles. The quantitative estimate of drug-likeness (QED) is 0.430. The van der Waals surface area contributed by atoms with Crippen LogP contribution < -0.4 is 5.73 Å². The van der Waals surface area contributed by atoms with Crippen molar-refractivity contribution in [1.29, 1.82) is 0 Å². The van der Waals surface area contributed by atoms with E-state index in [-0.39, 0.29) is 5.95 Å². The van der Waals surface area contributed by atoms with Crippen molar-refractivity contribution < 1.29 is 5.03 Å². The molecule has 0 saturated carbocycles. The fraction of sp³-hybridized carbons (Fsp3) is 0. The first kappa shape index (κ1) is 7.05. The Kier molecular flexibility index (Phi) is 1.72. The van der Waals surface area contributed by atoms with Gasteiger partial charge in [0, 0.05) is 0 Å². The topological polar surface area (TPSA) is 135 Å². The predicted molar refractivity (Wildman–Crippen MR) is 32.0 cm³/mol. The third-order valence-corrected chi connectivity index (χ3v) is 0.655. The van der Waals surface area contributed by atoms with E-state index < -0.39 is 11.0 Å². The average molecular weight is 156 g/mol. The molecule has 0 aliphatic rings. The van der Waals surface area contributed by atoms with Gasteiger partial charge in [-0.1, -0.05) is 5.43 Å². The van der Waals surface area contributed by atoms with Gasteiger partial charge in [-0.05, 0) is 0 Å². The van der Waals surface area contributed by atoms with E-state index in [0.717, 1.165) is 0 Å². The fourth-order valence-electron chi connectivity index (χ4n) is 0.345. The highest BCUT2D eigenvalue weighted by atomic mass is 16.7. The average Bonchev–Trinajstić information content (AvgIpc) is 1.93. The minimum Gasteiger partial charge on any atom is -0.367 e. The van der Waals surface area contributed by atoms with Crippen molar-refractivity contribution in [1.82, 2.24) is 20.4 Å². The molecule has 1 aromatic rings. The monoisotopic (exact) mass is 156 g/mol. The first-order chi connectivity index (χ1) is 5.18. The van der Waals surface area contributed by atoms with E-state index in [9.17, 15) is 10.1 Å². The van der Waals surface area contributed by atoms with Gasteiger partial charge in [-0.15, -0.1) is 0 Å². The van der Waals surface area contributed by atoms with Crippen LogP contribution in [0, 0.1) is 10.1 Å². The van der Waals surface area contributed by atoms with Crippen LogP contribution in [-0.2, 0) is 0 Å². The highest BCUT2D eigenvalue weighted by Gasteiger charge is 1.93. The molecule has 11 heavy (non-hydrogen) atoms. The summed E-state index contributed by atoms with van der Waals surface area (Å²) < 4.78 is 0. The normalized spacial score (nSPS) is 9.09. The Bertz CT molecular complexity index is 256. The Hall–Kier alpha value is -2.06. The molecule has 9 nitrogen and oxygen atoms in total. The van der Waals surface area contributed by atoms with Gasteiger partial charge in [-0.3, -0.25) is 10.2 Å². The van der Waals surface area contributed by atoms with Crippen LogP contribution >= 0.6 is 0 Å². The van der Waals surface area contributed by atoms with Crippen LogP contribution in [0.25, 0.3) is 5.43 Å². The van der Waals surface area contributed by atoms with Crippen molar-refractivity contribution in [3.05, 3.63) is 15.5 Å². The van der Waals surface area contributed by atoms with Gasteiger partial charge < -0.3 is 5.73 Å². The van der Waals surface area contributed by atoms with Gasteiger partial charge in [0.25, 0.3) is 0 Å². The third kappa shape index (κ3) is 1.97. The van der Waals surface area contributed by atoms with Crippen LogP contribution in [0.4, 0.5) is 11.9 Å². The number of rotatable bonds is 2. The number of nitrogens with two attached hydrogens (primary N) is 1. The first-order valence-electron chi connectivity index (χ1n) is 2.37. The lowest BCUT2D eigenvalue weighted by Gasteiger charge is -2.00. The zero-order valence-corrected chi connectivity index (χ0v) is 5.08. The SMILES string of the molecule is Nc1nnc([N-][N+](=O)[O-])nn1. The molecule has 0 atom stereocenters. The molecule has 0 spiro atoms. The maximum atomic E-state index is 9.73. The van der Waals surface area contributed by atoms with Crippen LogP contribution in [0.5, 0.6) is 0 Å². The number of hydrogen-bond donors (Lipinski definition) is 1. The van der Waals surface area contributed by atoms with Gasteiger partial charge in [-0.2, -0.15) is 10.2 Å². The van der Waals surface area contributed by atoms with Gasteiger partial charge in [0.05, 0.1) is 0 Å². The van der Waals surface area contributed by atoms with Crippen LogP contribution in [0.3, 0.4) is 0 Å². The number of hydrogen-bond acceptors (Lipinski definition) is 7. The van der Waals surface area contributed by atoms with Crippen LogP contribution in [0.1, 0.15) is 0 Å². The van der Waals surface area contributed by atoms with Crippen LogP contribution in [-0.4, -0.2) is 25.4 Å². The zero-order valence-electron chi connectivity index (χ0n) is 5.08. The molecular weight excluding hydrogens is 154 g/mol. The number of anilines is 1. The highest BCUT2D eigenvalue weighted by Crippen LogP contribution is 2.05. The lowest BCUT2D eigenvalue weighted by Crippen LogP contribution is -2.01. The fourth-order valence-corrected chi connectivity index (χ4v) is 0.345. The molecule has 0 bridgehead atoms. The van der Waals surface area contributed by atoms with E-state index in [1.807, 2.05) is 0 Å². The van der Waals surface area contributed by atoms with Crippen molar-refractivity contribution in [3.63, 3.8) is 0 Å². The van der Waals surface area contributed by atoms with E-state index in [1.54, 1.807) is 0 Å². The smallest absolute Gasteiger partial charge is 0.231 e. The molecule has 58 valence electrons. The first-order valence-corrected chi connectivity index (χ1v) is 2.37. The summed E-state index contributed by atoms with van der Waals surface area (Å²) in [7, 11) is 0. The summed E-state index contributed by atoms with van der Waals surface area (Å²) in [6.07, 6.45) is 0. The van der Waals surface area contributed by atoms with Gasteiger partial charge in [0.2, 0.25) is 5.95 Å². The van der Waals surface area contributed by atoms with E-state index in [4.69, 9.17) is 5.73 Å². The molecule has 0 saturated heterocycles. The molecule has 0 aromatic carbocycles. The second-order valence-corrected chi connectivity index (χ2v) is 1.40. The molecule has 1 aromatic heterocycles. The Morgan fingerprint density at radius 3 is 2.36 bits per heavy atom. The minimum atomic E-state index is -0.950. The maximum absolute atomic E-state index is 9.73. The largest absolute Gasteiger partial charge is 0.367 e. The van der Waals surface area contributed by atoms with E-state index in [0.29, 0.717) is 0 Å². The number of nitro groups is 1. The molecule has 1 rings (SSSR count). The van der Waals surface area contributed by atoms with Crippen LogP contribution in [0.15, 0.2) is 0 Å². The summed E-state index contributed by atoms with van der Waals surface area (Å²) in [5.74, 6) is -0.587. The molecule has 0 unspecified atom stereocenters. The van der Waals surface area contributed by atoms with E-state index >= 15 is 0 Å². The number of nitrogen functional groups attached to an aromatic ring is 1. The Balaban J connectivity index is 2.74. The molecule has 0 fully saturated rings. The van der Waals surface area contributed by atoms with Crippen molar-refractivity contribution >= 4 is 11.9 Å². The number of nitrogens with zero attached hydrogens (tertiary/aromatic N) is 6. The summed E-state index contributed by atoms with van der Waals surface area (Å²) >= 11 is 0. The zero-order chi connectivity index (χ0) is 8.27. The molecular formula is C2H2N7O2-. The highest BCUT2D eigenvalue weighted by molar-refractivity contribution is 5.23. The second kappa shape index (κ2) is 2.68. The Morgan fingerprint density at radius 1 is 1.36 bits per heavy atom. The van der Waals surface area contributed by atoms with Crippen molar-refractivity contribution in [3.8, 4) is 0 Å². The van der Waals surface area contributed by atoms with Gasteiger partial charge in [0.15, 0.2) is 0 Å². The summed E-state index contributed by atoms with van der Waals surface area (Å²) in [5, 5.41) is 21.5. The Morgan fingerprint density at radius 2 is 1.91 bits per heavy atom. The molecule has 2 N–H and O–H groups in total. The third-order valence-electron chi connectivity index (χ3n) is 0.655. The van der Waals surface area contributed by atoms with Gasteiger partial charge in [0.1, 0.15) is 11.0 Å². The lowest BCUT2D eigenvalue weighted by atomic mass is 11.0. The molecule has 0 radical (unpaired) electrons. The Labute approximate surface area is 59.8 Å². The predicted octanol–water partition coefficient (Wildman–Crippen LogP) is -0.954. The van der Waals surface area contributed by atoms with Crippen LogP contribution in [0.2, 0.25) is 0 Å². The van der Waals surface area contributed by atoms with Crippen molar-refractivity contribution in [2.24, 2.45) is 0 Å². The molecule has 0 aliphatic heterocycles. The molecule has 1 heterocycles. The van der Waals surface area contributed by atoms with Crippen molar-refractivity contribution in [2.45, 2.75) is 0 Å². The summed E-state index contributed by atoms with van der Waals surface area (Å²) in [6, 6.07) is 0. The van der Waals surface area contributed by atoms with E-state index in [2.05, 4.69) is 25.8 Å². The summed E-state index contributed by atoms with van der Waals surface area (Å²) in [6.45, 7) is 0. The lowest BCUT2D eigenvalue weighted by molar-refractivity contribution is -0.419. The van der Waals surface area contributed by atoms with Gasteiger partial charge in [-0.25, -0.2) is 10.1 Å². The van der Waals surface area contributed by atoms with Gasteiger partial charge >= 0.3 is 0 Å². The standard InChI is InChI=1S/C2H2N7O2/c3-1-4-6-2(7-5-1)8-9(10)11/h(H2-,3,4,5,6,7,8)/q-1. The van der Waals surface area contributed by atoms with E-state index in [1.165, 1.54) is 0 Å². The summed E-state index contributed by atoms with van der Waals surface area (Å²) in [4.78, 5) is 9.73. The molecule has 0 amide bonds. The van der Waals surface area contributed by atoms with Crippen molar-refractivity contribution in [2.75, 3.05) is 5.73 Å².